The van der Waals surface area contributed by atoms with Gasteiger partial charge >= 0.3 is 0 Å². The zero-order valence-electron chi connectivity index (χ0n) is 12.0. The maximum Gasteiger partial charge on any atom is 0.188 e. The second kappa shape index (κ2) is 5.66. The van der Waals surface area contributed by atoms with Gasteiger partial charge in [0.25, 0.3) is 0 Å². The number of methoxy groups -OCH3 is 1. The molecule has 0 aliphatic heterocycles. The van der Waals surface area contributed by atoms with E-state index in [0.29, 0.717) is 0 Å². The summed E-state index contributed by atoms with van der Waals surface area (Å²) in [5, 5.41) is 4.27. The molecule has 2 aromatic carbocycles. The molecule has 0 amide bonds. The summed E-state index contributed by atoms with van der Waals surface area (Å²) >= 11 is 5.21. The first-order valence-corrected chi connectivity index (χ1v) is 8.16. The molecule has 1 N–H and O–H groups in total. The highest BCUT2D eigenvalue weighted by Gasteiger charge is 2.07. The van der Waals surface area contributed by atoms with Gasteiger partial charge in [-0.25, -0.2) is 4.98 Å². The first-order chi connectivity index (χ1) is 10.1. The van der Waals surface area contributed by atoms with E-state index in [0.717, 1.165) is 31.3 Å². The van der Waals surface area contributed by atoms with Gasteiger partial charge in [-0.3, -0.25) is 0 Å². The predicted octanol–water partition coefficient (Wildman–Crippen LogP) is 5.43. The van der Waals surface area contributed by atoms with Crippen molar-refractivity contribution in [2.75, 3.05) is 12.4 Å². The fraction of sp³-hybridized carbons (Fsp3) is 0.188. The molecule has 0 radical (unpaired) electrons. The lowest BCUT2D eigenvalue weighted by molar-refractivity contribution is 0.415. The number of ether oxygens (including phenoxy) is 1. The Kier molecular flexibility index (Phi) is 3.87. The second-order valence-corrected chi connectivity index (χ2v) is 6.73. The van der Waals surface area contributed by atoms with Crippen LogP contribution in [0.25, 0.3) is 10.2 Å². The van der Waals surface area contributed by atoms with Gasteiger partial charge in [0.05, 0.1) is 17.3 Å². The fourth-order valence-electron chi connectivity index (χ4n) is 2.23. The number of benzene rings is 2. The van der Waals surface area contributed by atoms with E-state index in [1.807, 2.05) is 18.2 Å². The molecule has 0 saturated heterocycles. The van der Waals surface area contributed by atoms with Crippen LogP contribution in [0.1, 0.15) is 11.1 Å². The first-order valence-electron chi connectivity index (χ1n) is 6.55. The molecule has 0 atom stereocenters. The highest BCUT2D eigenvalue weighted by Crippen LogP contribution is 2.32. The summed E-state index contributed by atoms with van der Waals surface area (Å²) in [5.74, 6) is 0.855. The molecular formula is C16H15BrN2OS. The summed E-state index contributed by atoms with van der Waals surface area (Å²) in [6.45, 7) is 4.18. The molecule has 0 fully saturated rings. The maximum absolute atomic E-state index is 5.25. The molecule has 3 rings (SSSR count). The van der Waals surface area contributed by atoms with Crippen molar-refractivity contribution in [2.24, 2.45) is 0 Å². The van der Waals surface area contributed by atoms with Crippen LogP contribution >= 0.6 is 27.3 Å². The van der Waals surface area contributed by atoms with E-state index in [1.165, 1.54) is 11.1 Å². The Morgan fingerprint density at radius 2 is 1.86 bits per heavy atom. The van der Waals surface area contributed by atoms with Crippen LogP contribution in [0.3, 0.4) is 0 Å². The molecule has 108 valence electrons. The number of rotatable bonds is 3. The number of halogens is 1. The summed E-state index contributed by atoms with van der Waals surface area (Å²) in [7, 11) is 1.68. The van der Waals surface area contributed by atoms with Crippen LogP contribution in [0, 0.1) is 13.8 Å². The average Bonchev–Trinajstić information content (AvgIpc) is 2.85. The molecule has 0 saturated carbocycles. The minimum atomic E-state index is 0.855. The van der Waals surface area contributed by atoms with E-state index >= 15 is 0 Å². The van der Waals surface area contributed by atoms with Crippen molar-refractivity contribution in [3.05, 3.63) is 45.9 Å². The lowest BCUT2D eigenvalue weighted by Crippen LogP contribution is -1.92. The Labute approximate surface area is 136 Å². The van der Waals surface area contributed by atoms with Gasteiger partial charge in [0.15, 0.2) is 5.13 Å². The van der Waals surface area contributed by atoms with E-state index in [-0.39, 0.29) is 0 Å². The van der Waals surface area contributed by atoms with Gasteiger partial charge < -0.3 is 10.1 Å². The van der Waals surface area contributed by atoms with E-state index < -0.39 is 0 Å². The Hall–Kier alpha value is -1.59. The summed E-state index contributed by atoms with van der Waals surface area (Å²) in [5.41, 5.74) is 4.45. The van der Waals surface area contributed by atoms with Gasteiger partial charge in [-0.05, 0) is 55.3 Å². The number of hydrogen-bond acceptors (Lipinski definition) is 4. The van der Waals surface area contributed by atoms with Crippen LogP contribution in [0.5, 0.6) is 5.75 Å². The number of fused-ring (bicyclic) bond motifs is 1. The van der Waals surface area contributed by atoms with Crippen LogP contribution in [-0.2, 0) is 0 Å². The van der Waals surface area contributed by atoms with Gasteiger partial charge in [-0.1, -0.05) is 27.3 Å². The molecule has 0 aliphatic rings. The second-order valence-electron chi connectivity index (χ2n) is 4.90. The fourth-order valence-corrected chi connectivity index (χ4v) is 3.37. The van der Waals surface area contributed by atoms with Crippen LogP contribution < -0.4 is 10.1 Å². The Bertz CT molecular complexity index is 790. The molecule has 21 heavy (non-hydrogen) atoms. The molecule has 0 aliphatic carbocycles. The zero-order chi connectivity index (χ0) is 15.0. The van der Waals surface area contributed by atoms with Crippen LogP contribution in [0.4, 0.5) is 10.8 Å². The highest BCUT2D eigenvalue weighted by atomic mass is 79.9. The molecule has 1 heterocycles. The number of aromatic nitrogens is 1. The lowest BCUT2D eigenvalue weighted by atomic mass is 10.1. The topological polar surface area (TPSA) is 34.1 Å². The minimum absolute atomic E-state index is 0.855. The van der Waals surface area contributed by atoms with Gasteiger partial charge in [-0.2, -0.15) is 0 Å². The number of anilines is 2. The van der Waals surface area contributed by atoms with Gasteiger partial charge in [0.1, 0.15) is 5.75 Å². The van der Waals surface area contributed by atoms with E-state index in [4.69, 9.17) is 4.74 Å². The van der Waals surface area contributed by atoms with Crippen molar-refractivity contribution in [1.82, 2.24) is 4.98 Å². The van der Waals surface area contributed by atoms with E-state index in [2.05, 4.69) is 52.2 Å². The van der Waals surface area contributed by atoms with Crippen LogP contribution in [0.2, 0.25) is 0 Å². The Balaban J connectivity index is 1.94. The standard InChI is InChI=1S/C16H15BrN2OS/c1-9-6-11(7-10(2)15(9)17)18-16-19-13-5-4-12(20-3)8-14(13)21-16/h4-8H,1-3H3,(H,18,19). The van der Waals surface area contributed by atoms with Crippen LogP contribution in [0.15, 0.2) is 34.8 Å². The number of thiazole rings is 1. The smallest absolute Gasteiger partial charge is 0.188 e. The maximum atomic E-state index is 5.25. The third-order valence-electron chi connectivity index (χ3n) is 3.28. The first kappa shape index (κ1) is 14.4. The van der Waals surface area contributed by atoms with Crippen molar-refractivity contribution in [1.29, 1.82) is 0 Å². The highest BCUT2D eigenvalue weighted by molar-refractivity contribution is 9.10. The molecule has 0 bridgehead atoms. The normalized spacial score (nSPS) is 10.9. The quantitative estimate of drug-likeness (QED) is 0.674. The molecular weight excluding hydrogens is 348 g/mol. The number of nitrogens with zero attached hydrogens (tertiary/aromatic N) is 1. The summed E-state index contributed by atoms with van der Waals surface area (Å²) < 4.78 is 7.52. The number of nitrogens with one attached hydrogen (secondary N) is 1. The molecule has 0 spiro atoms. The Morgan fingerprint density at radius 3 is 2.52 bits per heavy atom. The summed E-state index contributed by atoms with van der Waals surface area (Å²) in [6.07, 6.45) is 0. The SMILES string of the molecule is COc1ccc2nc(Nc3cc(C)c(Br)c(C)c3)sc2c1. The molecule has 5 heteroatoms. The third kappa shape index (κ3) is 2.89. The lowest BCUT2D eigenvalue weighted by Gasteiger charge is -2.08. The largest absolute Gasteiger partial charge is 0.497 e. The minimum Gasteiger partial charge on any atom is -0.497 e. The summed E-state index contributed by atoms with van der Waals surface area (Å²) in [4.78, 5) is 4.61. The van der Waals surface area contributed by atoms with E-state index in [1.54, 1.807) is 18.4 Å². The van der Waals surface area contributed by atoms with Crippen molar-refractivity contribution < 1.29 is 4.74 Å². The monoisotopic (exact) mass is 362 g/mol. The Morgan fingerprint density at radius 1 is 1.14 bits per heavy atom. The average molecular weight is 363 g/mol. The van der Waals surface area contributed by atoms with Gasteiger partial charge in [0.2, 0.25) is 0 Å². The van der Waals surface area contributed by atoms with Crippen LogP contribution in [-0.4, -0.2) is 12.1 Å². The third-order valence-corrected chi connectivity index (χ3v) is 5.47. The molecule has 0 unspecified atom stereocenters. The molecule has 1 aromatic heterocycles. The van der Waals surface area contributed by atoms with Crippen molar-refractivity contribution in [3.8, 4) is 5.75 Å². The van der Waals surface area contributed by atoms with Gasteiger partial charge in [-0.15, -0.1) is 0 Å². The van der Waals surface area contributed by atoms with Crippen molar-refractivity contribution in [3.63, 3.8) is 0 Å². The molecule has 3 aromatic rings. The van der Waals surface area contributed by atoms with Crippen molar-refractivity contribution >= 4 is 48.3 Å². The number of hydrogen-bond donors (Lipinski definition) is 1. The van der Waals surface area contributed by atoms with Crippen molar-refractivity contribution in [2.45, 2.75) is 13.8 Å². The summed E-state index contributed by atoms with van der Waals surface area (Å²) in [6, 6.07) is 10.2. The predicted molar refractivity (Wildman–Crippen MR) is 93.1 cm³/mol. The van der Waals surface area contributed by atoms with Gasteiger partial charge in [0, 0.05) is 10.2 Å². The van der Waals surface area contributed by atoms with E-state index in [9.17, 15) is 0 Å². The molecule has 3 nitrogen and oxygen atoms in total. The number of aryl methyl sites for hydroxylation is 2. The zero-order valence-corrected chi connectivity index (χ0v) is 14.4.